The molecule has 0 aliphatic rings. The second kappa shape index (κ2) is 5.79. The fourth-order valence-corrected chi connectivity index (χ4v) is 1.82. The summed E-state index contributed by atoms with van der Waals surface area (Å²) in [6.07, 6.45) is 2.78. The zero-order chi connectivity index (χ0) is 15.4. The highest BCUT2D eigenvalue weighted by atomic mass is 16.6. The van der Waals surface area contributed by atoms with Gasteiger partial charge in [0.05, 0.1) is 28.7 Å². The molecular weight excluding hydrogens is 274 g/mol. The molecule has 21 heavy (non-hydrogen) atoms. The lowest BCUT2D eigenvalue weighted by Crippen LogP contribution is -2.03. The molecule has 0 fully saturated rings. The van der Waals surface area contributed by atoms with Gasteiger partial charge in [0.15, 0.2) is 0 Å². The molecule has 0 aliphatic carbocycles. The van der Waals surface area contributed by atoms with Gasteiger partial charge in [-0.15, -0.1) is 0 Å². The number of methoxy groups -OCH3 is 1. The summed E-state index contributed by atoms with van der Waals surface area (Å²) in [6, 6.07) is 7.41. The van der Waals surface area contributed by atoms with E-state index in [4.69, 9.17) is 5.26 Å². The minimum Gasteiger partial charge on any atom is -0.465 e. The van der Waals surface area contributed by atoms with Crippen LogP contribution in [0.25, 0.3) is 11.1 Å². The van der Waals surface area contributed by atoms with Gasteiger partial charge in [-0.3, -0.25) is 15.1 Å². The molecule has 0 saturated heterocycles. The highest BCUT2D eigenvalue weighted by molar-refractivity contribution is 5.92. The van der Waals surface area contributed by atoms with Gasteiger partial charge in [-0.25, -0.2) is 4.79 Å². The molecule has 0 radical (unpaired) electrons. The summed E-state index contributed by atoms with van der Waals surface area (Å²) < 4.78 is 4.54. The normalized spacial score (nSPS) is 9.71. The lowest BCUT2D eigenvalue weighted by Gasteiger charge is -2.05. The quantitative estimate of drug-likeness (QED) is 0.486. The van der Waals surface area contributed by atoms with Crippen LogP contribution in [0.4, 0.5) is 5.69 Å². The van der Waals surface area contributed by atoms with Crippen LogP contribution in [-0.4, -0.2) is 23.0 Å². The second-order valence-electron chi connectivity index (χ2n) is 4.05. The molecular formula is C14H9N3O4. The standard InChI is InChI=1S/C14H9N3O4/c1-21-14(18)10-2-3-12(13(5-10)17(19)20)11-4-9(6-15)7-16-8-11/h2-5,7-8H,1H3. The van der Waals surface area contributed by atoms with Gasteiger partial charge in [-0.05, 0) is 18.2 Å². The van der Waals surface area contributed by atoms with E-state index in [0.717, 1.165) is 6.07 Å². The number of hydrogen-bond acceptors (Lipinski definition) is 6. The molecule has 0 unspecified atom stereocenters. The Hall–Kier alpha value is -3.27. The maximum absolute atomic E-state index is 11.4. The van der Waals surface area contributed by atoms with Crippen LogP contribution < -0.4 is 0 Å². The van der Waals surface area contributed by atoms with Gasteiger partial charge in [-0.2, -0.15) is 5.26 Å². The molecule has 2 aromatic rings. The summed E-state index contributed by atoms with van der Waals surface area (Å²) in [4.78, 5) is 25.9. The van der Waals surface area contributed by atoms with Gasteiger partial charge in [0.25, 0.3) is 5.69 Å². The predicted octanol–water partition coefficient (Wildman–Crippen LogP) is 2.32. The number of nitriles is 1. The maximum Gasteiger partial charge on any atom is 0.338 e. The van der Waals surface area contributed by atoms with E-state index in [-0.39, 0.29) is 16.8 Å². The molecule has 0 atom stereocenters. The fraction of sp³-hybridized carbons (Fsp3) is 0.0714. The Morgan fingerprint density at radius 3 is 2.76 bits per heavy atom. The number of nitrogens with zero attached hydrogens (tertiary/aromatic N) is 3. The highest BCUT2D eigenvalue weighted by Gasteiger charge is 2.19. The van der Waals surface area contributed by atoms with Crippen molar-refractivity contribution in [2.75, 3.05) is 7.11 Å². The molecule has 7 nitrogen and oxygen atoms in total. The van der Waals surface area contributed by atoms with E-state index >= 15 is 0 Å². The van der Waals surface area contributed by atoms with Crippen LogP contribution in [0.1, 0.15) is 15.9 Å². The molecule has 1 aromatic carbocycles. The summed E-state index contributed by atoms with van der Waals surface area (Å²) >= 11 is 0. The van der Waals surface area contributed by atoms with Crippen molar-refractivity contribution in [2.24, 2.45) is 0 Å². The minimum atomic E-state index is -0.659. The first-order chi connectivity index (χ1) is 10.1. The summed E-state index contributed by atoms with van der Waals surface area (Å²) in [5, 5.41) is 20.0. The van der Waals surface area contributed by atoms with Crippen LogP contribution in [0.5, 0.6) is 0 Å². The van der Waals surface area contributed by atoms with Crippen molar-refractivity contribution in [2.45, 2.75) is 0 Å². The monoisotopic (exact) mass is 283 g/mol. The average Bonchev–Trinajstić information content (AvgIpc) is 2.53. The van der Waals surface area contributed by atoms with Gasteiger partial charge >= 0.3 is 5.97 Å². The van der Waals surface area contributed by atoms with Crippen LogP contribution in [0.3, 0.4) is 0 Å². The third-order valence-electron chi connectivity index (χ3n) is 2.79. The molecule has 7 heteroatoms. The largest absolute Gasteiger partial charge is 0.465 e. The topological polar surface area (TPSA) is 106 Å². The van der Waals surface area contributed by atoms with Crippen LogP contribution in [0.15, 0.2) is 36.7 Å². The molecule has 0 bridgehead atoms. The van der Waals surface area contributed by atoms with Crippen molar-refractivity contribution in [3.63, 3.8) is 0 Å². The summed E-state index contributed by atoms with van der Waals surface area (Å²) in [7, 11) is 1.20. The SMILES string of the molecule is COC(=O)c1ccc(-c2cncc(C#N)c2)c([N+](=O)[O-])c1. The summed E-state index contributed by atoms with van der Waals surface area (Å²) in [5.41, 5.74) is 0.820. The van der Waals surface area contributed by atoms with Gasteiger partial charge in [0.2, 0.25) is 0 Å². The molecule has 1 heterocycles. The van der Waals surface area contributed by atoms with Crippen molar-refractivity contribution in [3.05, 3.63) is 57.9 Å². The fourth-order valence-electron chi connectivity index (χ4n) is 1.82. The molecule has 0 spiro atoms. The molecule has 2 rings (SSSR count). The molecule has 0 N–H and O–H groups in total. The Kier molecular flexibility index (Phi) is 3.90. The number of carbonyl (C=O) groups excluding carboxylic acids is 1. The number of ether oxygens (including phenoxy) is 1. The first-order valence-corrected chi connectivity index (χ1v) is 5.79. The summed E-state index contributed by atoms with van der Waals surface area (Å²) in [5.74, 6) is -0.659. The first kappa shape index (κ1) is 14.1. The van der Waals surface area contributed by atoms with E-state index in [1.165, 1.54) is 37.7 Å². The van der Waals surface area contributed by atoms with Crippen molar-refractivity contribution in [1.82, 2.24) is 4.98 Å². The number of carbonyl (C=O) groups is 1. The Morgan fingerprint density at radius 1 is 1.38 bits per heavy atom. The molecule has 104 valence electrons. The number of aromatic nitrogens is 1. The molecule has 0 aliphatic heterocycles. The van der Waals surface area contributed by atoms with Crippen molar-refractivity contribution in [1.29, 1.82) is 5.26 Å². The van der Waals surface area contributed by atoms with Crippen LogP contribution in [0.2, 0.25) is 0 Å². The van der Waals surface area contributed by atoms with E-state index in [2.05, 4.69) is 9.72 Å². The third kappa shape index (κ3) is 2.84. The number of pyridine rings is 1. The van der Waals surface area contributed by atoms with E-state index in [9.17, 15) is 14.9 Å². The number of benzene rings is 1. The van der Waals surface area contributed by atoms with Gasteiger partial charge in [-0.1, -0.05) is 0 Å². The predicted molar refractivity (Wildman–Crippen MR) is 72.4 cm³/mol. The number of nitro groups is 1. The molecule has 1 aromatic heterocycles. The highest BCUT2D eigenvalue weighted by Crippen LogP contribution is 2.30. The van der Waals surface area contributed by atoms with E-state index < -0.39 is 10.9 Å². The third-order valence-corrected chi connectivity index (χ3v) is 2.79. The number of nitro benzene ring substituents is 1. The van der Waals surface area contributed by atoms with Gasteiger partial charge in [0.1, 0.15) is 6.07 Å². The lowest BCUT2D eigenvalue weighted by molar-refractivity contribution is -0.384. The number of hydrogen-bond donors (Lipinski definition) is 0. The second-order valence-corrected chi connectivity index (χ2v) is 4.05. The molecule has 0 amide bonds. The van der Waals surface area contributed by atoms with Gasteiger partial charge in [0, 0.05) is 24.0 Å². The van der Waals surface area contributed by atoms with Gasteiger partial charge < -0.3 is 4.74 Å². The number of rotatable bonds is 3. The van der Waals surface area contributed by atoms with Crippen LogP contribution in [-0.2, 0) is 4.74 Å². The Bertz CT molecular complexity index is 765. The smallest absolute Gasteiger partial charge is 0.338 e. The summed E-state index contributed by atoms with van der Waals surface area (Å²) in [6.45, 7) is 0. The maximum atomic E-state index is 11.4. The number of esters is 1. The van der Waals surface area contributed by atoms with Crippen LogP contribution in [0, 0.1) is 21.4 Å². The lowest BCUT2D eigenvalue weighted by atomic mass is 10.0. The Balaban J connectivity index is 2.60. The van der Waals surface area contributed by atoms with E-state index in [1.807, 2.05) is 6.07 Å². The van der Waals surface area contributed by atoms with E-state index in [1.54, 1.807) is 0 Å². The zero-order valence-electron chi connectivity index (χ0n) is 10.9. The zero-order valence-corrected chi connectivity index (χ0v) is 10.9. The molecule has 0 saturated carbocycles. The van der Waals surface area contributed by atoms with Crippen molar-refractivity contribution >= 4 is 11.7 Å². The Labute approximate surface area is 119 Å². The Morgan fingerprint density at radius 2 is 2.14 bits per heavy atom. The van der Waals surface area contributed by atoms with Crippen LogP contribution >= 0.6 is 0 Å². The van der Waals surface area contributed by atoms with Crippen molar-refractivity contribution < 1.29 is 14.5 Å². The minimum absolute atomic E-state index is 0.0809. The first-order valence-electron chi connectivity index (χ1n) is 5.79. The van der Waals surface area contributed by atoms with Crippen molar-refractivity contribution in [3.8, 4) is 17.2 Å². The van der Waals surface area contributed by atoms with E-state index in [0.29, 0.717) is 11.1 Å². The average molecular weight is 283 g/mol.